The monoisotopic (exact) mass is 611 g/mol. The number of nitrogens with one attached hydrogen (secondary N) is 2. The second-order valence-electron chi connectivity index (χ2n) is 12.3. The molecule has 8 nitrogen and oxygen atoms in total. The molecule has 1 saturated heterocycles. The van der Waals surface area contributed by atoms with Gasteiger partial charge in [-0.2, -0.15) is 0 Å². The van der Waals surface area contributed by atoms with Crippen molar-refractivity contribution in [3.63, 3.8) is 0 Å². The van der Waals surface area contributed by atoms with Gasteiger partial charge in [0.2, 0.25) is 11.8 Å². The molecule has 3 unspecified atom stereocenters. The van der Waals surface area contributed by atoms with Crippen LogP contribution in [0.15, 0.2) is 72.8 Å². The number of rotatable bonds is 13. The first-order valence-corrected chi connectivity index (χ1v) is 16.4. The molecule has 2 aliphatic heterocycles. The summed E-state index contributed by atoms with van der Waals surface area (Å²) in [5, 5.41) is 6.60. The van der Waals surface area contributed by atoms with Crippen LogP contribution in [-0.2, 0) is 22.6 Å². The maximum absolute atomic E-state index is 14.1. The fourth-order valence-corrected chi connectivity index (χ4v) is 6.71. The lowest BCUT2D eigenvalue weighted by atomic mass is 10.00. The normalized spacial score (nSPS) is 18.0. The molecule has 8 heteroatoms. The zero-order chi connectivity index (χ0) is 31.8. The van der Waals surface area contributed by atoms with E-state index in [0.29, 0.717) is 25.9 Å². The minimum absolute atomic E-state index is 0.0130. The van der Waals surface area contributed by atoms with Gasteiger partial charge in [-0.15, -0.1) is 0 Å². The quantitative estimate of drug-likeness (QED) is 0.297. The maximum atomic E-state index is 14.1. The summed E-state index contributed by atoms with van der Waals surface area (Å²) >= 11 is 0. The van der Waals surface area contributed by atoms with E-state index in [2.05, 4.69) is 89.7 Å². The van der Waals surface area contributed by atoms with Gasteiger partial charge in [-0.1, -0.05) is 86.1 Å². The van der Waals surface area contributed by atoms with E-state index in [9.17, 15) is 9.59 Å². The third-order valence-corrected chi connectivity index (χ3v) is 9.44. The highest BCUT2D eigenvalue weighted by molar-refractivity contribution is 5.88. The molecule has 2 N–H and O–H groups in total. The zero-order valence-corrected chi connectivity index (χ0v) is 27.3. The van der Waals surface area contributed by atoms with Crippen molar-refractivity contribution >= 4 is 11.8 Å². The highest BCUT2D eigenvalue weighted by Gasteiger charge is 2.33. The number of hydrogen-bond acceptors (Lipinski definition) is 6. The molecule has 1 fully saturated rings. The minimum atomic E-state index is -0.621. The predicted octanol–water partition coefficient (Wildman–Crippen LogP) is 4.49. The van der Waals surface area contributed by atoms with Gasteiger partial charge >= 0.3 is 0 Å². The predicted molar refractivity (Wildman–Crippen MR) is 179 cm³/mol. The molecule has 240 valence electrons. The fraction of sp³-hybridized carbons (Fsp3) is 0.459. The van der Waals surface area contributed by atoms with Crippen molar-refractivity contribution < 1.29 is 14.3 Å². The number of benzene rings is 3. The van der Waals surface area contributed by atoms with Gasteiger partial charge in [0, 0.05) is 63.7 Å². The molecule has 0 radical (unpaired) electrons. The highest BCUT2D eigenvalue weighted by atomic mass is 16.5. The summed E-state index contributed by atoms with van der Waals surface area (Å²) in [6.07, 6.45) is 0.764. The second-order valence-corrected chi connectivity index (χ2v) is 12.3. The number of aryl methyl sites for hydroxylation is 1. The number of likely N-dealkylation sites (N-methyl/N-ethyl adjacent to an activating group) is 1. The second kappa shape index (κ2) is 15.5. The maximum Gasteiger partial charge on any atom is 0.245 e. The summed E-state index contributed by atoms with van der Waals surface area (Å²) < 4.78 is 5.77. The SMILES string of the molecule is CCN(CC)CC(c1ccccc1OC)N1CCN(C(=O)C(Cc2ccc(C)cc2)NC(=O)CC2NCc3ccccc32)CC1. The van der Waals surface area contributed by atoms with Crippen molar-refractivity contribution in [1.82, 2.24) is 25.3 Å². The van der Waals surface area contributed by atoms with Crippen LogP contribution in [0.4, 0.5) is 0 Å². The third-order valence-electron chi connectivity index (χ3n) is 9.44. The molecule has 3 aromatic carbocycles. The Labute approximate surface area is 268 Å². The smallest absolute Gasteiger partial charge is 0.245 e. The number of methoxy groups -OCH3 is 1. The van der Waals surface area contributed by atoms with Crippen LogP contribution in [-0.4, -0.2) is 85.5 Å². The summed E-state index contributed by atoms with van der Waals surface area (Å²) in [4.78, 5) is 34.4. The lowest BCUT2D eigenvalue weighted by Crippen LogP contribution is -2.56. The van der Waals surface area contributed by atoms with Gasteiger partial charge in [0.05, 0.1) is 13.2 Å². The molecule has 3 aromatic rings. The van der Waals surface area contributed by atoms with Gasteiger partial charge in [0.1, 0.15) is 11.8 Å². The van der Waals surface area contributed by atoms with Gasteiger partial charge < -0.3 is 25.2 Å². The first-order valence-electron chi connectivity index (χ1n) is 16.4. The van der Waals surface area contributed by atoms with Crippen molar-refractivity contribution in [3.8, 4) is 5.75 Å². The molecule has 0 aliphatic carbocycles. The Morgan fingerprint density at radius 2 is 1.64 bits per heavy atom. The molecule has 0 spiro atoms. The third kappa shape index (κ3) is 8.12. The summed E-state index contributed by atoms with van der Waals surface area (Å²) in [6.45, 7) is 12.8. The van der Waals surface area contributed by atoms with Crippen LogP contribution in [0, 0.1) is 6.92 Å². The Morgan fingerprint density at radius 1 is 0.956 bits per heavy atom. The molecule has 0 bridgehead atoms. The number of hydrogen-bond donors (Lipinski definition) is 2. The van der Waals surface area contributed by atoms with E-state index < -0.39 is 6.04 Å². The number of para-hydroxylation sites is 1. The number of amides is 2. The number of piperazine rings is 1. The average Bonchev–Trinajstić information content (AvgIpc) is 3.48. The Kier molecular flexibility index (Phi) is 11.3. The van der Waals surface area contributed by atoms with Gasteiger partial charge in [-0.25, -0.2) is 0 Å². The zero-order valence-electron chi connectivity index (χ0n) is 27.3. The lowest BCUT2D eigenvalue weighted by Gasteiger charge is -2.42. The van der Waals surface area contributed by atoms with E-state index in [4.69, 9.17) is 4.74 Å². The van der Waals surface area contributed by atoms with E-state index in [0.717, 1.165) is 50.6 Å². The molecule has 0 saturated carbocycles. The molecule has 3 atom stereocenters. The fourth-order valence-electron chi connectivity index (χ4n) is 6.71. The van der Waals surface area contributed by atoms with Crippen LogP contribution in [0.1, 0.15) is 60.2 Å². The van der Waals surface area contributed by atoms with Crippen molar-refractivity contribution in [2.24, 2.45) is 0 Å². The number of fused-ring (bicyclic) bond motifs is 1. The Hall–Kier alpha value is -3.72. The summed E-state index contributed by atoms with van der Waals surface area (Å²) in [7, 11) is 1.73. The average molecular weight is 612 g/mol. The molecule has 2 amide bonds. The summed E-state index contributed by atoms with van der Waals surface area (Å²) in [5.74, 6) is 0.776. The topological polar surface area (TPSA) is 77.2 Å². The molecular weight excluding hydrogens is 562 g/mol. The molecule has 0 aromatic heterocycles. The van der Waals surface area contributed by atoms with Gasteiger partial charge in [-0.3, -0.25) is 14.5 Å². The van der Waals surface area contributed by atoms with E-state index >= 15 is 0 Å². The van der Waals surface area contributed by atoms with Crippen molar-refractivity contribution in [2.45, 2.75) is 58.3 Å². The first-order chi connectivity index (χ1) is 21.9. The molecule has 45 heavy (non-hydrogen) atoms. The van der Waals surface area contributed by atoms with E-state index in [1.807, 2.05) is 29.2 Å². The standard InChI is InChI=1S/C37H49N5O3/c1-5-40(6-2)26-34(31-13-9-10-14-35(31)45-4)41-19-21-42(22-20-41)37(44)33(23-28-17-15-27(3)16-18-28)39-36(43)24-32-30-12-8-7-11-29(30)25-38-32/h7-18,32-34,38H,5-6,19-26H2,1-4H3,(H,39,43). The molecule has 2 heterocycles. The number of nitrogens with zero attached hydrogens (tertiary/aromatic N) is 3. The van der Waals surface area contributed by atoms with Crippen molar-refractivity contribution in [1.29, 1.82) is 0 Å². The number of carbonyl (C=O) groups excluding carboxylic acids is 2. The van der Waals surface area contributed by atoms with Crippen molar-refractivity contribution in [3.05, 3.63) is 101 Å². The van der Waals surface area contributed by atoms with Crippen LogP contribution in [0.25, 0.3) is 0 Å². The summed E-state index contributed by atoms with van der Waals surface area (Å²) in [5.41, 5.74) is 5.78. The van der Waals surface area contributed by atoms with Crippen LogP contribution in [0.2, 0.25) is 0 Å². The van der Waals surface area contributed by atoms with Crippen LogP contribution >= 0.6 is 0 Å². The Balaban J connectivity index is 1.28. The van der Waals surface area contributed by atoms with Gasteiger partial charge in [0.15, 0.2) is 0 Å². The largest absolute Gasteiger partial charge is 0.496 e. The number of carbonyl (C=O) groups is 2. The lowest BCUT2D eigenvalue weighted by molar-refractivity contribution is -0.138. The molecular formula is C37H49N5O3. The molecule has 2 aliphatic rings. The van der Waals surface area contributed by atoms with E-state index in [1.165, 1.54) is 22.3 Å². The van der Waals surface area contributed by atoms with Crippen LogP contribution in [0.5, 0.6) is 5.75 Å². The van der Waals surface area contributed by atoms with E-state index in [1.54, 1.807) is 7.11 Å². The van der Waals surface area contributed by atoms with Gasteiger partial charge in [-0.05, 0) is 42.8 Å². The van der Waals surface area contributed by atoms with Crippen LogP contribution in [0.3, 0.4) is 0 Å². The van der Waals surface area contributed by atoms with Gasteiger partial charge in [0.25, 0.3) is 0 Å². The Bertz CT molecular complexity index is 1420. The highest BCUT2D eigenvalue weighted by Crippen LogP contribution is 2.31. The number of ether oxygens (including phenoxy) is 1. The van der Waals surface area contributed by atoms with Crippen LogP contribution < -0.4 is 15.4 Å². The van der Waals surface area contributed by atoms with Crippen molar-refractivity contribution in [2.75, 3.05) is 52.9 Å². The van der Waals surface area contributed by atoms with E-state index in [-0.39, 0.29) is 23.9 Å². The minimum Gasteiger partial charge on any atom is -0.496 e. The summed E-state index contributed by atoms with van der Waals surface area (Å²) in [6, 6.07) is 24.2. The Morgan fingerprint density at radius 3 is 2.36 bits per heavy atom. The first kappa shape index (κ1) is 32.7. The molecule has 5 rings (SSSR count).